The fourth-order valence-corrected chi connectivity index (χ4v) is 3.92. The van der Waals surface area contributed by atoms with Crippen molar-refractivity contribution in [3.05, 3.63) is 52.9 Å². The Balaban J connectivity index is 1.55. The van der Waals surface area contributed by atoms with Crippen molar-refractivity contribution in [3.8, 4) is 28.5 Å². The van der Waals surface area contributed by atoms with Crippen molar-refractivity contribution in [3.63, 3.8) is 0 Å². The zero-order valence-electron chi connectivity index (χ0n) is 16.2. The van der Waals surface area contributed by atoms with Crippen LogP contribution >= 0.6 is 11.3 Å². The predicted molar refractivity (Wildman–Crippen MR) is 110 cm³/mol. The number of cyclic esters (lactones) is 1. The lowest BCUT2D eigenvalue weighted by molar-refractivity contribution is 0.0435. The van der Waals surface area contributed by atoms with Gasteiger partial charge in [-0.3, -0.25) is 0 Å². The van der Waals surface area contributed by atoms with E-state index >= 15 is 0 Å². The summed E-state index contributed by atoms with van der Waals surface area (Å²) in [5, 5.41) is 5.78. The molecule has 0 aliphatic carbocycles. The van der Waals surface area contributed by atoms with Crippen LogP contribution < -0.4 is 19.5 Å². The highest BCUT2D eigenvalue weighted by molar-refractivity contribution is 7.14. The van der Waals surface area contributed by atoms with E-state index in [2.05, 4.69) is 10.3 Å². The SMILES string of the molecule is CCOc1ccc(-c2csc(N[C@H]3OC(=O)c4c3ccc(OC)c4OC)n2)cc1. The third kappa shape index (κ3) is 3.58. The zero-order chi connectivity index (χ0) is 20.4. The number of hydrogen-bond acceptors (Lipinski definition) is 8. The van der Waals surface area contributed by atoms with Crippen LogP contribution in [0, 0.1) is 0 Å². The molecule has 29 heavy (non-hydrogen) atoms. The Labute approximate surface area is 172 Å². The van der Waals surface area contributed by atoms with Crippen LogP contribution in [0.15, 0.2) is 41.8 Å². The number of nitrogens with zero attached hydrogens (tertiary/aromatic N) is 1. The van der Waals surface area contributed by atoms with Crippen LogP contribution in [-0.2, 0) is 4.74 Å². The Kier molecular flexibility index (Phi) is 5.26. The zero-order valence-corrected chi connectivity index (χ0v) is 17.0. The van der Waals surface area contributed by atoms with Crippen molar-refractivity contribution in [2.24, 2.45) is 0 Å². The van der Waals surface area contributed by atoms with Gasteiger partial charge >= 0.3 is 5.97 Å². The maximum absolute atomic E-state index is 12.4. The van der Waals surface area contributed by atoms with E-state index in [1.54, 1.807) is 12.1 Å². The van der Waals surface area contributed by atoms with Crippen LogP contribution in [0.3, 0.4) is 0 Å². The highest BCUT2D eigenvalue weighted by atomic mass is 32.1. The number of carbonyl (C=O) groups is 1. The summed E-state index contributed by atoms with van der Waals surface area (Å²) in [6.45, 7) is 2.58. The molecule has 7 nitrogen and oxygen atoms in total. The summed E-state index contributed by atoms with van der Waals surface area (Å²) in [5.74, 6) is 1.21. The van der Waals surface area contributed by atoms with Gasteiger partial charge in [0.2, 0.25) is 6.23 Å². The maximum atomic E-state index is 12.4. The number of esters is 1. The molecular weight excluding hydrogens is 392 g/mol. The number of carbonyl (C=O) groups excluding carboxylic acids is 1. The van der Waals surface area contributed by atoms with Crippen LogP contribution in [-0.4, -0.2) is 31.8 Å². The first-order chi connectivity index (χ1) is 14.1. The largest absolute Gasteiger partial charge is 0.494 e. The lowest BCUT2D eigenvalue weighted by Gasteiger charge is -2.13. The number of methoxy groups -OCH3 is 2. The molecule has 0 saturated heterocycles. The molecular formula is C21H20N2O5S. The number of anilines is 1. The number of rotatable bonds is 7. The number of nitrogens with one attached hydrogen (secondary N) is 1. The van der Waals surface area contributed by atoms with E-state index in [9.17, 15) is 4.79 Å². The van der Waals surface area contributed by atoms with E-state index in [0.717, 1.165) is 17.0 Å². The summed E-state index contributed by atoms with van der Waals surface area (Å²) >= 11 is 1.44. The van der Waals surface area contributed by atoms with E-state index in [1.165, 1.54) is 25.6 Å². The van der Waals surface area contributed by atoms with Crippen LogP contribution in [0.2, 0.25) is 0 Å². The van der Waals surface area contributed by atoms with Gasteiger partial charge in [-0.05, 0) is 43.3 Å². The molecule has 2 heterocycles. The van der Waals surface area contributed by atoms with Crippen LogP contribution in [0.5, 0.6) is 17.2 Å². The van der Waals surface area contributed by atoms with Gasteiger partial charge in [0.1, 0.15) is 11.3 Å². The summed E-state index contributed by atoms with van der Waals surface area (Å²) in [6.07, 6.45) is -0.642. The summed E-state index contributed by atoms with van der Waals surface area (Å²) in [5.41, 5.74) is 2.86. The van der Waals surface area contributed by atoms with Crippen LogP contribution in [0.1, 0.15) is 29.1 Å². The Morgan fingerprint density at radius 2 is 1.93 bits per heavy atom. The molecule has 4 rings (SSSR count). The monoisotopic (exact) mass is 412 g/mol. The standard InChI is InChI=1S/C21H20N2O5S/c1-4-27-13-7-5-12(6-8-13)15-11-29-21(22-15)23-19-14-9-10-16(25-2)18(26-3)17(14)20(24)28-19/h5-11,19H,4H2,1-3H3,(H,22,23)/t19-/m0/s1. The molecule has 0 radical (unpaired) electrons. The van der Waals surface area contributed by atoms with Gasteiger partial charge in [0, 0.05) is 16.5 Å². The third-order valence-electron chi connectivity index (χ3n) is 4.51. The Morgan fingerprint density at radius 1 is 1.14 bits per heavy atom. The first kappa shape index (κ1) is 19.1. The van der Waals surface area contributed by atoms with Gasteiger partial charge in [-0.2, -0.15) is 0 Å². The Bertz CT molecular complexity index is 1030. The van der Waals surface area contributed by atoms with Gasteiger partial charge < -0.3 is 24.3 Å². The molecule has 3 aromatic rings. The average Bonchev–Trinajstić information content (AvgIpc) is 3.33. The van der Waals surface area contributed by atoms with Crippen molar-refractivity contribution in [2.45, 2.75) is 13.2 Å². The molecule has 1 aliphatic heterocycles. The number of fused-ring (bicyclic) bond motifs is 1. The highest BCUT2D eigenvalue weighted by Gasteiger charge is 2.36. The quantitative estimate of drug-likeness (QED) is 0.572. The molecule has 0 spiro atoms. The minimum Gasteiger partial charge on any atom is -0.494 e. The number of benzene rings is 2. The van der Waals surface area contributed by atoms with Gasteiger partial charge in [-0.1, -0.05) is 0 Å². The molecule has 0 bridgehead atoms. The van der Waals surface area contributed by atoms with Gasteiger partial charge in [-0.25, -0.2) is 9.78 Å². The molecule has 150 valence electrons. The van der Waals surface area contributed by atoms with E-state index < -0.39 is 12.2 Å². The number of aromatic nitrogens is 1. The lowest BCUT2D eigenvalue weighted by Crippen LogP contribution is -2.10. The Hall–Kier alpha value is -3.26. The van der Waals surface area contributed by atoms with Crippen molar-refractivity contribution < 1.29 is 23.7 Å². The molecule has 8 heteroatoms. The maximum Gasteiger partial charge on any atom is 0.344 e. The van der Waals surface area contributed by atoms with Crippen LogP contribution in [0.4, 0.5) is 5.13 Å². The lowest BCUT2D eigenvalue weighted by atomic mass is 10.1. The number of thiazole rings is 1. The second-order valence-corrected chi connectivity index (χ2v) is 7.05. The van der Waals surface area contributed by atoms with Gasteiger partial charge in [0.15, 0.2) is 16.6 Å². The smallest absolute Gasteiger partial charge is 0.344 e. The average molecular weight is 412 g/mol. The predicted octanol–water partition coefficient (Wildman–Crippen LogP) is 4.51. The molecule has 1 N–H and O–H groups in total. The van der Waals surface area contributed by atoms with Gasteiger partial charge in [0.25, 0.3) is 0 Å². The van der Waals surface area contributed by atoms with E-state index in [0.29, 0.717) is 34.4 Å². The third-order valence-corrected chi connectivity index (χ3v) is 5.28. The number of hydrogen-bond donors (Lipinski definition) is 1. The van der Waals surface area contributed by atoms with E-state index in [-0.39, 0.29) is 0 Å². The minimum atomic E-state index is -0.642. The summed E-state index contributed by atoms with van der Waals surface area (Å²) in [7, 11) is 3.02. The normalized spacial score (nSPS) is 14.9. The second kappa shape index (κ2) is 8.00. The van der Waals surface area contributed by atoms with Crippen molar-refractivity contribution in [1.29, 1.82) is 0 Å². The highest BCUT2D eigenvalue weighted by Crippen LogP contribution is 2.42. The number of ether oxygens (including phenoxy) is 4. The fraction of sp³-hybridized carbons (Fsp3) is 0.238. The minimum absolute atomic E-state index is 0.368. The second-order valence-electron chi connectivity index (χ2n) is 6.19. The molecule has 2 aromatic carbocycles. The molecule has 1 aliphatic rings. The van der Waals surface area contributed by atoms with Crippen molar-refractivity contribution >= 4 is 22.4 Å². The first-order valence-corrected chi connectivity index (χ1v) is 9.93. The van der Waals surface area contributed by atoms with E-state index in [1.807, 2.05) is 36.6 Å². The van der Waals surface area contributed by atoms with Crippen molar-refractivity contribution in [2.75, 3.05) is 26.1 Å². The Morgan fingerprint density at radius 3 is 2.62 bits per heavy atom. The molecule has 1 aromatic heterocycles. The van der Waals surface area contributed by atoms with Gasteiger partial charge in [0.05, 0.1) is 26.5 Å². The molecule has 1 atom stereocenters. The molecule has 0 amide bonds. The fourth-order valence-electron chi connectivity index (χ4n) is 3.18. The summed E-state index contributed by atoms with van der Waals surface area (Å²) in [6, 6.07) is 11.3. The van der Waals surface area contributed by atoms with Crippen molar-refractivity contribution in [1.82, 2.24) is 4.98 Å². The molecule has 0 unspecified atom stereocenters. The van der Waals surface area contributed by atoms with Gasteiger partial charge in [-0.15, -0.1) is 11.3 Å². The first-order valence-electron chi connectivity index (χ1n) is 9.05. The van der Waals surface area contributed by atoms with Crippen LogP contribution in [0.25, 0.3) is 11.3 Å². The summed E-state index contributed by atoms with van der Waals surface area (Å²) < 4.78 is 21.6. The summed E-state index contributed by atoms with van der Waals surface area (Å²) in [4.78, 5) is 17.0. The van der Waals surface area contributed by atoms with E-state index in [4.69, 9.17) is 18.9 Å². The molecule has 0 fully saturated rings. The topological polar surface area (TPSA) is 78.9 Å². The molecule has 0 saturated carbocycles.